The van der Waals surface area contributed by atoms with Gasteiger partial charge < -0.3 is 14.4 Å². The van der Waals surface area contributed by atoms with Crippen LogP contribution in [0.2, 0.25) is 10.0 Å². The molecular formula is C26H33Cl2NO4. The Balaban J connectivity index is 0.000000261. The van der Waals surface area contributed by atoms with Crippen molar-refractivity contribution < 1.29 is 19.1 Å². The van der Waals surface area contributed by atoms with E-state index in [4.69, 9.17) is 32.7 Å². The number of hydrogen-bond acceptors (Lipinski definition) is 4. The van der Waals surface area contributed by atoms with Crippen LogP contribution in [0.25, 0.3) is 0 Å². The molecule has 0 bridgehead atoms. The van der Waals surface area contributed by atoms with Crippen LogP contribution >= 0.6 is 23.2 Å². The molecule has 1 heterocycles. The number of carbonyl (C=O) groups is 2. The highest BCUT2D eigenvalue weighted by molar-refractivity contribution is 6.30. The van der Waals surface area contributed by atoms with Crippen LogP contribution < -0.4 is 0 Å². The number of halogens is 2. The van der Waals surface area contributed by atoms with Crippen molar-refractivity contribution in [1.82, 2.24) is 4.90 Å². The summed E-state index contributed by atoms with van der Waals surface area (Å²) in [5.41, 5.74) is 0. The number of benzene rings is 2. The van der Waals surface area contributed by atoms with Gasteiger partial charge in [0.25, 0.3) is 5.91 Å². The van der Waals surface area contributed by atoms with Crippen LogP contribution in [-0.4, -0.2) is 49.2 Å². The third kappa shape index (κ3) is 15.2. The minimum atomic E-state index is -0.499. The van der Waals surface area contributed by atoms with Crippen LogP contribution in [0.5, 0.6) is 0 Å². The highest BCUT2D eigenvalue weighted by Crippen LogP contribution is 2.15. The molecule has 1 aliphatic carbocycles. The van der Waals surface area contributed by atoms with Gasteiger partial charge in [-0.25, -0.2) is 0 Å². The van der Waals surface area contributed by atoms with Gasteiger partial charge in [0.05, 0.1) is 13.2 Å². The number of ether oxygens (including phenoxy) is 2. The van der Waals surface area contributed by atoms with Crippen molar-refractivity contribution >= 4 is 35.1 Å². The van der Waals surface area contributed by atoms with E-state index in [2.05, 4.69) is 6.58 Å². The summed E-state index contributed by atoms with van der Waals surface area (Å²) >= 11 is 11.1. The van der Waals surface area contributed by atoms with Crippen molar-refractivity contribution in [2.75, 3.05) is 26.3 Å². The summed E-state index contributed by atoms with van der Waals surface area (Å²) in [5, 5.41) is 1.59. The predicted molar refractivity (Wildman–Crippen MR) is 135 cm³/mol. The lowest BCUT2D eigenvalue weighted by molar-refractivity contribution is -0.160. The van der Waals surface area contributed by atoms with Gasteiger partial charge in [-0.2, -0.15) is 0 Å². The molecule has 0 spiro atoms. The second kappa shape index (κ2) is 18.1. The molecule has 1 saturated carbocycles. The minimum absolute atomic E-state index is 0.00365. The van der Waals surface area contributed by atoms with Crippen molar-refractivity contribution in [3.8, 4) is 0 Å². The fraction of sp³-hybridized carbons (Fsp3) is 0.385. The van der Waals surface area contributed by atoms with Gasteiger partial charge in [-0.3, -0.25) is 9.59 Å². The lowest BCUT2D eigenvalue weighted by Crippen LogP contribution is -2.49. The predicted octanol–water partition coefficient (Wildman–Crippen LogP) is 6.20. The van der Waals surface area contributed by atoms with Gasteiger partial charge in [-0.05, 0) is 31.2 Å². The monoisotopic (exact) mass is 493 g/mol. The van der Waals surface area contributed by atoms with Crippen LogP contribution in [-0.2, 0) is 19.1 Å². The van der Waals surface area contributed by atoms with Gasteiger partial charge in [0.2, 0.25) is 0 Å². The van der Waals surface area contributed by atoms with Gasteiger partial charge in [-0.15, -0.1) is 6.58 Å². The molecule has 1 amide bonds. The summed E-state index contributed by atoms with van der Waals surface area (Å²) in [5.74, 6) is -0.547. The van der Waals surface area contributed by atoms with Crippen molar-refractivity contribution in [2.24, 2.45) is 0 Å². The summed E-state index contributed by atoms with van der Waals surface area (Å²) in [6.07, 6.45) is 6.11. The normalized spacial score (nSPS) is 15.9. The molecular weight excluding hydrogens is 461 g/mol. The molecule has 2 aromatic rings. The molecule has 33 heavy (non-hydrogen) atoms. The summed E-state index contributed by atoms with van der Waals surface area (Å²) in [4.78, 5) is 24.5. The van der Waals surface area contributed by atoms with E-state index in [1.807, 2.05) is 60.7 Å². The molecule has 0 radical (unpaired) electrons. The lowest BCUT2D eigenvalue weighted by atomic mass is 10.2. The number of esters is 1. The number of carbonyl (C=O) groups excluding carboxylic acids is 2. The highest BCUT2D eigenvalue weighted by atomic mass is 35.5. The van der Waals surface area contributed by atoms with Crippen molar-refractivity contribution in [3.63, 3.8) is 0 Å². The van der Waals surface area contributed by atoms with E-state index >= 15 is 0 Å². The Morgan fingerprint density at radius 3 is 1.94 bits per heavy atom. The Morgan fingerprint density at radius 2 is 1.58 bits per heavy atom. The number of hydrogen-bond donors (Lipinski definition) is 0. The molecule has 1 unspecified atom stereocenters. The molecule has 4 rings (SSSR count). The molecule has 2 fully saturated rings. The maximum Gasteiger partial charge on any atom is 0.325 e. The van der Waals surface area contributed by atoms with Crippen molar-refractivity contribution in [2.45, 2.75) is 38.7 Å². The zero-order valence-electron chi connectivity index (χ0n) is 19.1. The standard InChI is InChI=1S/C11H17NO4.2C6H5Cl.C3H6/c1-3-5-9-11(14)12(6-7-16-9)8-10(13)15-4-2;2*7-6-4-2-1-3-5-6;1-2-3-1/h3,9H,1,4-8H2,2H3;2*1-5H;1-3H2. The van der Waals surface area contributed by atoms with Gasteiger partial charge >= 0.3 is 5.97 Å². The lowest BCUT2D eigenvalue weighted by Gasteiger charge is -2.31. The molecule has 180 valence electrons. The SMILES string of the molecule is C1CC1.C=CCC1OCCN(CC(=O)OCC)C1=O.Clc1ccccc1.Clc1ccccc1. The number of nitrogens with zero attached hydrogens (tertiary/aromatic N) is 1. The third-order valence-electron chi connectivity index (χ3n) is 4.09. The van der Waals surface area contributed by atoms with Crippen molar-refractivity contribution in [3.05, 3.63) is 83.4 Å². The molecule has 2 aromatic carbocycles. The Labute approximate surface area is 207 Å². The molecule has 0 aromatic heterocycles. The Bertz CT molecular complexity index is 760. The molecule has 1 atom stereocenters. The second-order valence-corrected chi connectivity index (χ2v) is 7.97. The molecule has 7 heteroatoms. The molecule has 5 nitrogen and oxygen atoms in total. The van der Waals surface area contributed by atoms with E-state index in [1.54, 1.807) is 13.0 Å². The first-order valence-corrected chi connectivity index (χ1v) is 11.8. The van der Waals surface area contributed by atoms with E-state index in [9.17, 15) is 9.59 Å². The summed E-state index contributed by atoms with van der Waals surface area (Å²) < 4.78 is 10.1. The van der Waals surface area contributed by atoms with Crippen LogP contribution in [0, 0.1) is 0 Å². The first-order valence-electron chi connectivity index (χ1n) is 11.1. The van der Waals surface area contributed by atoms with E-state index in [0.717, 1.165) is 10.0 Å². The minimum Gasteiger partial charge on any atom is -0.465 e. The van der Waals surface area contributed by atoms with E-state index in [-0.39, 0.29) is 18.4 Å². The number of amides is 1. The molecule has 1 aliphatic heterocycles. The second-order valence-electron chi connectivity index (χ2n) is 7.10. The van der Waals surface area contributed by atoms with Gasteiger partial charge in [-0.1, -0.05) is 84.9 Å². The molecule has 2 aliphatic rings. The van der Waals surface area contributed by atoms with Crippen LogP contribution in [0.1, 0.15) is 32.6 Å². The van der Waals surface area contributed by atoms with Crippen LogP contribution in [0.15, 0.2) is 73.3 Å². The fourth-order valence-corrected chi connectivity index (χ4v) is 2.65. The molecule has 0 N–H and O–H groups in total. The Morgan fingerprint density at radius 1 is 1.06 bits per heavy atom. The summed E-state index contributed by atoms with van der Waals surface area (Å²) in [7, 11) is 0. The molecule has 1 saturated heterocycles. The first-order chi connectivity index (χ1) is 16.0. The number of morpholine rings is 1. The average molecular weight is 494 g/mol. The number of rotatable bonds is 5. The Hall–Kier alpha value is -2.34. The van der Waals surface area contributed by atoms with Gasteiger partial charge in [0.15, 0.2) is 0 Å². The maximum atomic E-state index is 11.8. The maximum absolute atomic E-state index is 11.8. The summed E-state index contributed by atoms with van der Waals surface area (Å²) in [6, 6.07) is 18.9. The zero-order valence-corrected chi connectivity index (χ0v) is 20.6. The van der Waals surface area contributed by atoms with Crippen molar-refractivity contribution in [1.29, 1.82) is 0 Å². The van der Waals surface area contributed by atoms with Gasteiger partial charge in [0.1, 0.15) is 12.6 Å². The smallest absolute Gasteiger partial charge is 0.325 e. The Kier molecular flexibility index (Phi) is 15.8. The highest BCUT2D eigenvalue weighted by Gasteiger charge is 2.29. The topological polar surface area (TPSA) is 55.8 Å². The fourth-order valence-electron chi connectivity index (χ4n) is 2.36. The largest absolute Gasteiger partial charge is 0.465 e. The zero-order chi connectivity index (χ0) is 24.3. The third-order valence-corrected chi connectivity index (χ3v) is 4.60. The van der Waals surface area contributed by atoms with Gasteiger partial charge in [0, 0.05) is 23.0 Å². The van der Waals surface area contributed by atoms with E-state index in [1.165, 1.54) is 24.2 Å². The summed E-state index contributed by atoms with van der Waals surface area (Å²) in [6.45, 7) is 6.51. The van der Waals surface area contributed by atoms with Crippen LogP contribution in [0.4, 0.5) is 0 Å². The first kappa shape index (κ1) is 28.7. The van der Waals surface area contributed by atoms with E-state index < -0.39 is 6.10 Å². The average Bonchev–Trinajstić information content (AvgIpc) is 3.69. The van der Waals surface area contributed by atoms with Crippen LogP contribution in [0.3, 0.4) is 0 Å². The quantitative estimate of drug-likeness (QED) is 0.367. The van der Waals surface area contributed by atoms with E-state index in [0.29, 0.717) is 26.2 Å².